The molecule has 0 atom stereocenters. The van der Waals surface area contributed by atoms with Crippen molar-refractivity contribution in [2.45, 2.75) is 20.3 Å². The molecule has 7 heteroatoms. The number of para-hydroxylation sites is 1. The lowest BCUT2D eigenvalue weighted by Crippen LogP contribution is -2.39. The van der Waals surface area contributed by atoms with Crippen LogP contribution in [0.2, 0.25) is 5.02 Å². The summed E-state index contributed by atoms with van der Waals surface area (Å²) in [7, 11) is 0. The van der Waals surface area contributed by atoms with Crippen molar-refractivity contribution in [1.82, 2.24) is 14.5 Å². The third kappa shape index (κ3) is 5.55. The van der Waals surface area contributed by atoms with Crippen LogP contribution in [0.5, 0.6) is 0 Å². The Bertz CT molecular complexity index is 1680. The van der Waals surface area contributed by atoms with Crippen molar-refractivity contribution < 1.29 is 4.79 Å². The topological polar surface area (TPSA) is 67.2 Å². The van der Waals surface area contributed by atoms with Crippen LogP contribution >= 0.6 is 11.6 Å². The molecular weight excluding hydrogens is 496 g/mol. The van der Waals surface area contributed by atoms with E-state index in [1.54, 1.807) is 39.8 Å². The van der Waals surface area contributed by atoms with Gasteiger partial charge in [0.25, 0.3) is 5.56 Å². The van der Waals surface area contributed by atoms with Crippen molar-refractivity contribution >= 4 is 45.0 Å². The van der Waals surface area contributed by atoms with Gasteiger partial charge in [0, 0.05) is 30.2 Å². The second kappa shape index (κ2) is 11.1. The van der Waals surface area contributed by atoms with Gasteiger partial charge in [-0.2, -0.15) is 0 Å². The maximum absolute atomic E-state index is 13.7. The Hall–Kier alpha value is -4.16. The molecule has 4 aromatic carbocycles. The minimum atomic E-state index is -0.221. The molecule has 1 aromatic heterocycles. The van der Waals surface area contributed by atoms with Gasteiger partial charge in [-0.25, -0.2) is 9.78 Å². The van der Waals surface area contributed by atoms with Crippen molar-refractivity contribution in [3.05, 3.63) is 112 Å². The van der Waals surface area contributed by atoms with Crippen LogP contribution in [0.1, 0.15) is 19.7 Å². The van der Waals surface area contributed by atoms with Crippen LogP contribution < -0.4 is 10.9 Å². The van der Waals surface area contributed by atoms with E-state index in [-0.39, 0.29) is 17.5 Å². The van der Waals surface area contributed by atoms with Gasteiger partial charge < -0.3 is 10.2 Å². The van der Waals surface area contributed by atoms with Gasteiger partial charge in [-0.05, 0) is 59.2 Å². The van der Waals surface area contributed by atoms with Gasteiger partial charge in [0.05, 0.1) is 16.6 Å². The fourth-order valence-corrected chi connectivity index (χ4v) is 4.84. The molecule has 0 aliphatic rings. The summed E-state index contributed by atoms with van der Waals surface area (Å²) in [4.78, 5) is 33.6. The van der Waals surface area contributed by atoms with Crippen molar-refractivity contribution in [2.24, 2.45) is 5.92 Å². The highest BCUT2D eigenvalue weighted by Crippen LogP contribution is 2.21. The lowest BCUT2D eigenvalue weighted by atomic mass is 10.1. The predicted molar refractivity (Wildman–Crippen MR) is 155 cm³/mol. The van der Waals surface area contributed by atoms with E-state index in [9.17, 15) is 9.59 Å². The fourth-order valence-electron chi connectivity index (χ4n) is 4.65. The van der Waals surface area contributed by atoms with Crippen LogP contribution in [0, 0.1) is 5.92 Å². The van der Waals surface area contributed by atoms with Gasteiger partial charge in [-0.3, -0.25) is 9.36 Å². The number of benzene rings is 4. The van der Waals surface area contributed by atoms with E-state index in [4.69, 9.17) is 16.6 Å². The number of rotatable bonds is 7. The number of aromatic nitrogens is 2. The number of nitrogens with one attached hydrogen (secondary N) is 1. The third-order valence-corrected chi connectivity index (χ3v) is 6.63. The molecule has 0 saturated carbocycles. The molecule has 0 fully saturated rings. The Labute approximate surface area is 226 Å². The minimum Gasteiger partial charge on any atom is -0.324 e. The summed E-state index contributed by atoms with van der Waals surface area (Å²) in [6, 6.07) is 28.3. The molecule has 38 heavy (non-hydrogen) atoms. The summed E-state index contributed by atoms with van der Waals surface area (Å²) in [5, 5.41) is 6.19. The molecule has 0 aliphatic heterocycles. The Morgan fingerprint density at radius 3 is 2.50 bits per heavy atom. The summed E-state index contributed by atoms with van der Waals surface area (Å²) < 4.78 is 1.68. The number of nitrogens with zero attached hydrogens (tertiary/aromatic N) is 3. The van der Waals surface area contributed by atoms with Gasteiger partial charge in [0.15, 0.2) is 0 Å². The molecule has 5 rings (SSSR count). The number of hydrogen-bond donors (Lipinski definition) is 1. The third-order valence-electron chi connectivity index (χ3n) is 6.39. The zero-order valence-corrected chi connectivity index (χ0v) is 22.2. The SMILES string of the molecule is CC(C)CN(CCc1nc2ccccc2c(=O)n1-c1ccc2ccccc2c1)C(=O)Nc1cccc(Cl)c1. The minimum absolute atomic E-state index is 0.125. The van der Waals surface area contributed by atoms with E-state index in [1.165, 1.54) is 0 Å². The van der Waals surface area contributed by atoms with Crippen molar-refractivity contribution in [3.8, 4) is 5.69 Å². The number of anilines is 1. The lowest BCUT2D eigenvalue weighted by Gasteiger charge is -2.25. The second-order valence-electron chi connectivity index (χ2n) is 9.75. The van der Waals surface area contributed by atoms with Crippen molar-refractivity contribution in [2.75, 3.05) is 18.4 Å². The first kappa shape index (κ1) is 25.5. The van der Waals surface area contributed by atoms with Gasteiger partial charge in [-0.15, -0.1) is 0 Å². The van der Waals surface area contributed by atoms with Gasteiger partial charge in [0.1, 0.15) is 5.82 Å². The number of urea groups is 1. The molecule has 0 bridgehead atoms. The number of carbonyl (C=O) groups is 1. The van der Waals surface area contributed by atoms with Gasteiger partial charge in [-0.1, -0.05) is 74.0 Å². The van der Waals surface area contributed by atoms with E-state index in [2.05, 4.69) is 19.2 Å². The highest BCUT2D eigenvalue weighted by atomic mass is 35.5. The highest BCUT2D eigenvalue weighted by Gasteiger charge is 2.19. The summed E-state index contributed by atoms with van der Waals surface area (Å²) in [5.74, 6) is 0.862. The zero-order chi connectivity index (χ0) is 26.6. The van der Waals surface area contributed by atoms with Crippen molar-refractivity contribution in [1.29, 1.82) is 0 Å². The van der Waals surface area contributed by atoms with Crippen LogP contribution in [-0.2, 0) is 6.42 Å². The summed E-state index contributed by atoms with van der Waals surface area (Å²) >= 11 is 6.10. The highest BCUT2D eigenvalue weighted by molar-refractivity contribution is 6.30. The normalized spacial score (nSPS) is 11.3. The Balaban J connectivity index is 1.51. The number of amides is 2. The Morgan fingerprint density at radius 1 is 0.947 bits per heavy atom. The molecule has 0 aliphatic carbocycles. The number of halogens is 1. The Kier molecular flexibility index (Phi) is 7.43. The molecule has 192 valence electrons. The largest absolute Gasteiger partial charge is 0.324 e. The van der Waals surface area contributed by atoms with E-state index in [0.717, 1.165) is 16.5 Å². The maximum atomic E-state index is 13.7. The quantitative estimate of drug-likeness (QED) is 0.251. The zero-order valence-electron chi connectivity index (χ0n) is 21.4. The van der Waals surface area contributed by atoms with Gasteiger partial charge >= 0.3 is 6.03 Å². The first-order valence-corrected chi connectivity index (χ1v) is 13.1. The molecule has 2 amide bonds. The first-order valence-electron chi connectivity index (χ1n) is 12.7. The molecule has 1 heterocycles. The fraction of sp³-hybridized carbons (Fsp3) is 0.194. The number of fused-ring (bicyclic) bond motifs is 2. The molecule has 5 aromatic rings. The van der Waals surface area contributed by atoms with E-state index >= 15 is 0 Å². The predicted octanol–water partition coefficient (Wildman–Crippen LogP) is 6.92. The molecular formula is C31H29ClN4O2. The number of carbonyl (C=O) groups excluding carboxylic acids is 1. The molecule has 0 saturated heterocycles. The van der Waals surface area contributed by atoms with Crippen molar-refractivity contribution in [3.63, 3.8) is 0 Å². The second-order valence-corrected chi connectivity index (χ2v) is 10.2. The molecule has 1 N–H and O–H groups in total. The first-order chi connectivity index (χ1) is 18.4. The summed E-state index contributed by atoms with van der Waals surface area (Å²) in [6.07, 6.45) is 0.405. The number of hydrogen-bond acceptors (Lipinski definition) is 3. The van der Waals surface area contributed by atoms with Crippen LogP contribution in [0.25, 0.3) is 27.4 Å². The van der Waals surface area contributed by atoms with Crippen LogP contribution in [-0.4, -0.2) is 33.6 Å². The monoisotopic (exact) mass is 524 g/mol. The van der Waals surface area contributed by atoms with E-state index in [0.29, 0.717) is 46.9 Å². The Morgan fingerprint density at radius 2 is 1.71 bits per heavy atom. The van der Waals surface area contributed by atoms with E-state index < -0.39 is 0 Å². The smallest absolute Gasteiger partial charge is 0.321 e. The summed E-state index contributed by atoms with van der Waals surface area (Å²) in [5.41, 5.74) is 1.90. The molecule has 0 unspecified atom stereocenters. The van der Waals surface area contributed by atoms with Crippen LogP contribution in [0.4, 0.5) is 10.5 Å². The standard InChI is InChI=1S/C31H29ClN4O2/c1-21(2)20-35(31(38)33-25-11-7-10-24(32)19-25)17-16-29-34-28-13-6-5-12-27(28)30(37)36(29)26-15-14-22-8-3-4-9-23(22)18-26/h3-15,18-19,21H,16-17,20H2,1-2H3,(H,33,38). The average molecular weight is 525 g/mol. The van der Waals surface area contributed by atoms with Crippen LogP contribution in [0.15, 0.2) is 95.8 Å². The lowest BCUT2D eigenvalue weighted by molar-refractivity contribution is 0.205. The van der Waals surface area contributed by atoms with Crippen LogP contribution in [0.3, 0.4) is 0 Å². The molecule has 0 spiro atoms. The van der Waals surface area contributed by atoms with E-state index in [1.807, 2.05) is 60.7 Å². The van der Waals surface area contributed by atoms with Gasteiger partial charge in [0.2, 0.25) is 0 Å². The molecule has 0 radical (unpaired) electrons. The average Bonchev–Trinajstić information content (AvgIpc) is 2.90. The maximum Gasteiger partial charge on any atom is 0.321 e. The molecule has 6 nitrogen and oxygen atoms in total. The summed E-state index contributed by atoms with van der Waals surface area (Å²) in [6.45, 7) is 5.08.